The largest absolute Gasteiger partial charge is 0.310 e. The van der Waals surface area contributed by atoms with Crippen molar-refractivity contribution in [3.63, 3.8) is 0 Å². The monoisotopic (exact) mass is 787 g/mol. The van der Waals surface area contributed by atoms with Crippen molar-refractivity contribution in [1.29, 1.82) is 0 Å². The van der Waals surface area contributed by atoms with Gasteiger partial charge in [-0.15, -0.1) is 0 Å². The van der Waals surface area contributed by atoms with Crippen LogP contribution < -0.4 is 4.90 Å². The molecule has 0 aromatic heterocycles. The van der Waals surface area contributed by atoms with Gasteiger partial charge in [-0.05, 0) is 113 Å². The van der Waals surface area contributed by atoms with E-state index in [2.05, 4.69) is 254 Å². The van der Waals surface area contributed by atoms with Gasteiger partial charge in [0.05, 0.1) is 11.1 Å². The van der Waals surface area contributed by atoms with Gasteiger partial charge < -0.3 is 4.90 Å². The van der Waals surface area contributed by atoms with Crippen molar-refractivity contribution in [2.24, 2.45) is 0 Å². The molecule has 0 N–H and O–H groups in total. The van der Waals surface area contributed by atoms with Crippen LogP contribution in [0.1, 0.15) is 22.3 Å². The summed E-state index contributed by atoms with van der Waals surface area (Å²) in [6, 6.07) is 91.6. The lowest BCUT2D eigenvalue weighted by Gasteiger charge is -2.34. The maximum absolute atomic E-state index is 2.44. The van der Waals surface area contributed by atoms with E-state index in [9.17, 15) is 0 Å². The van der Waals surface area contributed by atoms with Gasteiger partial charge in [-0.2, -0.15) is 0 Å². The summed E-state index contributed by atoms with van der Waals surface area (Å²) in [6.45, 7) is 0. The molecule has 0 fully saturated rings. The highest BCUT2D eigenvalue weighted by Gasteiger charge is 2.46. The third kappa shape index (κ3) is 5.56. The van der Waals surface area contributed by atoms with Gasteiger partial charge in [0.25, 0.3) is 0 Å². The summed E-state index contributed by atoms with van der Waals surface area (Å²) in [5.41, 5.74) is 15.5. The minimum atomic E-state index is -0.467. The minimum absolute atomic E-state index is 0.467. The second-order valence-electron chi connectivity index (χ2n) is 16.4. The number of anilines is 3. The Balaban J connectivity index is 1.07. The molecule has 1 aliphatic rings. The molecule has 12 rings (SSSR count). The fourth-order valence-electron chi connectivity index (χ4n) is 10.4. The molecule has 0 radical (unpaired) electrons. The Morgan fingerprint density at radius 3 is 1.61 bits per heavy atom. The maximum Gasteiger partial charge on any atom is 0.0713 e. The zero-order valence-corrected chi connectivity index (χ0v) is 34.1. The summed E-state index contributed by atoms with van der Waals surface area (Å²) in [5, 5.41) is 7.35. The number of rotatable bonds is 7. The molecule has 0 heterocycles. The number of hydrogen-bond donors (Lipinski definition) is 0. The maximum atomic E-state index is 2.44. The summed E-state index contributed by atoms with van der Waals surface area (Å²) in [4.78, 5) is 2.44. The SMILES string of the molecule is c1ccc(C2(c3ccccc3)c3ccccc3-c3c(-c4ccc(N(c5ccc(-c6cccc7ccccc67)cc5)c5ccc6ccccc6c5)c5ccccc45)cccc32)cc1. The van der Waals surface area contributed by atoms with Gasteiger partial charge >= 0.3 is 0 Å². The number of nitrogens with zero attached hydrogens (tertiary/aromatic N) is 1. The molecule has 0 saturated heterocycles. The van der Waals surface area contributed by atoms with Crippen LogP contribution in [0.4, 0.5) is 17.1 Å². The summed E-state index contributed by atoms with van der Waals surface area (Å²) >= 11 is 0. The number of benzene rings is 11. The molecule has 0 amide bonds. The Labute approximate surface area is 362 Å². The van der Waals surface area contributed by atoms with E-state index >= 15 is 0 Å². The highest BCUT2D eigenvalue weighted by molar-refractivity contribution is 6.10. The highest BCUT2D eigenvalue weighted by Crippen LogP contribution is 2.59. The van der Waals surface area contributed by atoms with Crippen molar-refractivity contribution in [1.82, 2.24) is 0 Å². The molecule has 1 aliphatic carbocycles. The Morgan fingerprint density at radius 1 is 0.290 bits per heavy atom. The van der Waals surface area contributed by atoms with Crippen LogP contribution in [0.5, 0.6) is 0 Å². The first-order valence-electron chi connectivity index (χ1n) is 21.5. The van der Waals surface area contributed by atoms with Crippen LogP contribution >= 0.6 is 0 Å². The van der Waals surface area contributed by atoms with Gasteiger partial charge in [-0.1, -0.05) is 218 Å². The normalized spacial score (nSPS) is 12.6. The first kappa shape index (κ1) is 35.9. The summed E-state index contributed by atoms with van der Waals surface area (Å²) in [6.07, 6.45) is 0. The van der Waals surface area contributed by atoms with Crippen molar-refractivity contribution in [3.8, 4) is 33.4 Å². The number of fused-ring (bicyclic) bond motifs is 6. The minimum Gasteiger partial charge on any atom is -0.310 e. The van der Waals surface area contributed by atoms with Crippen LogP contribution in [0.25, 0.3) is 65.7 Å². The van der Waals surface area contributed by atoms with E-state index in [0.717, 1.165) is 17.1 Å². The van der Waals surface area contributed by atoms with Crippen LogP contribution in [0, 0.1) is 0 Å². The second kappa shape index (κ2) is 14.6. The van der Waals surface area contributed by atoms with Crippen LogP contribution in [0.3, 0.4) is 0 Å². The van der Waals surface area contributed by atoms with Gasteiger partial charge in [0, 0.05) is 16.8 Å². The van der Waals surface area contributed by atoms with Crippen molar-refractivity contribution in [2.75, 3.05) is 4.90 Å². The van der Waals surface area contributed by atoms with E-state index in [0.29, 0.717) is 0 Å². The highest BCUT2D eigenvalue weighted by atomic mass is 15.1. The van der Waals surface area contributed by atoms with Crippen molar-refractivity contribution < 1.29 is 0 Å². The Morgan fingerprint density at radius 2 is 0.839 bits per heavy atom. The van der Waals surface area contributed by atoms with Gasteiger partial charge in [0.15, 0.2) is 0 Å². The Bertz CT molecular complexity index is 3410. The summed E-state index contributed by atoms with van der Waals surface area (Å²) < 4.78 is 0. The molecule has 0 atom stereocenters. The topological polar surface area (TPSA) is 3.24 Å². The lowest BCUT2D eigenvalue weighted by atomic mass is 9.67. The molecule has 1 heteroatoms. The van der Waals surface area contributed by atoms with Crippen LogP contribution in [0.2, 0.25) is 0 Å². The zero-order chi connectivity index (χ0) is 41.0. The fourth-order valence-corrected chi connectivity index (χ4v) is 10.4. The van der Waals surface area contributed by atoms with E-state index in [1.165, 1.54) is 88.0 Å². The fraction of sp³-hybridized carbons (Fsp3) is 0.0164. The summed E-state index contributed by atoms with van der Waals surface area (Å²) in [5.74, 6) is 0. The lowest BCUT2D eigenvalue weighted by Crippen LogP contribution is -2.28. The molecular formula is C61H41N. The first-order chi connectivity index (χ1) is 30.8. The molecule has 0 unspecified atom stereocenters. The molecule has 62 heavy (non-hydrogen) atoms. The quantitative estimate of drug-likeness (QED) is 0.155. The van der Waals surface area contributed by atoms with Crippen LogP contribution in [0.15, 0.2) is 249 Å². The molecule has 290 valence electrons. The smallest absolute Gasteiger partial charge is 0.0713 e. The molecule has 0 aliphatic heterocycles. The third-order valence-corrected chi connectivity index (χ3v) is 13.1. The average Bonchev–Trinajstić information content (AvgIpc) is 3.66. The molecular weight excluding hydrogens is 747 g/mol. The molecule has 0 saturated carbocycles. The van der Waals surface area contributed by atoms with Gasteiger partial charge in [-0.3, -0.25) is 0 Å². The van der Waals surface area contributed by atoms with E-state index in [4.69, 9.17) is 0 Å². The van der Waals surface area contributed by atoms with Gasteiger partial charge in [0.2, 0.25) is 0 Å². The van der Waals surface area contributed by atoms with Gasteiger partial charge in [-0.25, -0.2) is 0 Å². The predicted octanol–water partition coefficient (Wildman–Crippen LogP) is 16.3. The van der Waals surface area contributed by atoms with E-state index in [1.807, 2.05) is 0 Å². The molecule has 1 nitrogen and oxygen atoms in total. The first-order valence-corrected chi connectivity index (χ1v) is 21.5. The lowest BCUT2D eigenvalue weighted by molar-refractivity contribution is 0.768. The van der Waals surface area contributed by atoms with E-state index in [-0.39, 0.29) is 0 Å². The van der Waals surface area contributed by atoms with Gasteiger partial charge in [0.1, 0.15) is 0 Å². The van der Waals surface area contributed by atoms with Crippen molar-refractivity contribution >= 4 is 49.4 Å². The van der Waals surface area contributed by atoms with Crippen molar-refractivity contribution in [3.05, 3.63) is 271 Å². The van der Waals surface area contributed by atoms with E-state index < -0.39 is 5.41 Å². The standard InChI is InChI=1S/C61H41N/c1-3-21-46(22-4-1)61(47-23-5-2-6-24-47)57-31-14-13-28-56(57)60-55(30-16-32-58(60)61)53-39-40-59(54-27-12-11-26-52(53)54)62(49-38-33-42-17-7-8-19-45(42)41-49)48-36-34-44(35-37-48)51-29-15-20-43-18-9-10-25-50(43)51/h1-41H. The summed E-state index contributed by atoms with van der Waals surface area (Å²) in [7, 11) is 0. The average molecular weight is 788 g/mol. The second-order valence-corrected chi connectivity index (χ2v) is 16.4. The van der Waals surface area contributed by atoms with Crippen molar-refractivity contribution in [2.45, 2.75) is 5.41 Å². The van der Waals surface area contributed by atoms with Crippen LogP contribution in [-0.4, -0.2) is 0 Å². The molecule has 0 spiro atoms. The zero-order valence-electron chi connectivity index (χ0n) is 34.1. The third-order valence-electron chi connectivity index (χ3n) is 13.1. The van der Waals surface area contributed by atoms with Crippen LogP contribution in [-0.2, 0) is 5.41 Å². The predicted molar refractivity (Wildman–Crippen MR) is 262 cm³/mol. The number of hydrogen-bond acceptors (Lipinski definition) is 1. The Hall–Kier alpha value is -8.00. The molecule has 11 aromatic carbocycles. The Kier molecular flexibility index (Phi) is 8.47. The molecule has 11 aromatic rings. The molecule has 0 bridgehead atoms. The van der Waals surface area contributed by atoms with E-state index in [1.54, 1.807) is 0 Å².